The Bertz CT molecular complexity index is 148. The molecule has 0 heterocycles. The third-order valence-electron chi connectivity index (χ3n) is 3.15. The maximum absolute atomic E-state index is 9.74. The molecule has 1 rings (SSSR count). The Morgan fingerprint density at radius 1 is 1.25 bits per heavy atom. The number of hydrogen-bond acceptors (Lipinski definition) is 2. The lowest BCUT2D eigenvalue weighted by Crippen LogP contribution is -2.39. The molecule has 12 heavy (non-hydrogen) atoms. The van der Waals surface area contributed by atoms with Gasteiger partial charge in [-0.25, -0.2) is 0 Å². The zero-order valence-electron chi connectivity index (χ0n) is 8.25. The summed E-state index contributed by atoms with van der Waals surface area (Å²) in [7, 11) is 0. The number of hydrogen-bond donors (Lipinski definition) is 2. The van der Waals surface area contributed by atoms with Crippen LogP contribution in [0.5, 0.6) is 0 Å². The van der Waals surface area contributed by atoms with Gasteiger partial charge in [0.2, 0.25) is 0 Å². The monoisotopic (exact) mass is 172 g/mol. The summed E-state index contributed by atoms with van der Waals surface area (Å²) in [6.45, 7) is 5.74. The summed E-state index contributed by atoms with van der Waals surface area (Å²) < 4.78 is 0. The van der Waals surface area contributed by atoms with E-state index in [1.54, 1.807) is 0 Å². The van der Waals surface area contributed by atoms with Gasteiger partial charge in [0.25, 0.3) is 0 Å². The average Bonchev–Trinajstić information content (AvgIpc) is 1.92. The molecular weight excluding hydrogens is 152 g/mol. The zero-order valence-corrected chi connectivity index (χ0v) is 8.25. The highest BCUT2D eigenvalue weighted by Gasteiger charge is 2.34. The van der Waals surface area contributed by atoms with E-state index in [1.807, 2.05) is 13.8 Å². The van der Waals surface area contributed by atoms with Crippen LogP contribution < -0.4 is 0 Å². The SMILES string of the molecule is C[C@@H]1CC[C@@H](C(C)(C)O)C[C@H]1O. The minimum absolute atomic E-state index is 0.213. The second-order valence-electron chi connectivity index (χ2n) is 4.71. The molecule has 2 heteroatoms. The summed E-state index contributed by atoms with van der Waals surface area (Å²) in [5.74, 6) is 0.673. The van der Waals surface area contributed by atoms with Crippen molar-refractivity contribution in [2.45, 2.75) is 51.7 Å². The smallest absolute Gasteiger partial charge is 0.0620 e. The standard InChI is InChI=1S/C10H20O2/c1-7-4-5-8(6-9(7)11)10(2,3)12/h7-9,11-12H,4-6H2,1-3H3/t7-,8-,9-/m1/s1. The molecule has 0 amide bonds. The van der Waals surface area contributed by atoms with Crippen LogP contribution in [0.3, 0.4) is 0 Å². The first-order valence-corrected chi connectivity index (χ1v) is 4.81. The van der Waals surface area contributed by atoms with E-state index in [0.29, 0.717) is 5.92 Å². The van der Waals surface area contributed by atoms with Gasteiger partial charge in [-0.2, -0.15) is 0 Å². The molecule has 0 bridgehead atoms. The van der Waals surface area contributed by atoms with Crippen LogP contribution in [0.4, 0.5) is 0 Å². The maximum Gasteiger partial charge on any atom is 0.0620 e. The van der Waals surface area contributed by atoms with Crippen molar-refractivity contribution in [3.8, 4) is 0 Å². The molecule has 0 aromatic rings. The van der Waals surface area contributed by atoms with E-state index in [2.05, 4.69) is 6.92 Å². The van der Waals surface area contributed by atoms with Crippen LogP contribution in [0.15, 0.2) is 0 Å². The van der Waals surface area contributed by atoms with Crippen molar-refractivity contribution in [1.82, 2.24) is 0 Å². The van der Waals surface area contributed by atoms with Crippen molar-refractivity contribution in [3.63, 3.8) is 0 Å². The van der Waals surface area contributed by atoms with Crippen molar-refractivity contribution in [1.29, 1.82) is 0 Å². The zero-order chi connectivity index (χ0) is 9.35. The molecule has 1 aliphatic carbocycles. The second kappa shape index (κ2) is 3.35. The number of aliphatic hydroxyl groups excluding tert-OH is 1. The van der Waals surface area contributed by atoms with Crippen molar-refractivity contribution < 1.29 is 10.2 Å². The van der Waals surface area contributed by atoms with Crippen LogP contribution in [-0.4, -0.2) is 21.9 Å². The van der Waals surface area contributed by atoms with E-state index >= 15 is 0 Å². The van der Waals surface area contributed by atoms with E-state index in [1.165, 1.54) is 0 Å². The van der Waals surface area contributed by atoms with E-state index in [-0.39, 0.29) is 12.0 Å². The molecule has 0 spiro atoms. The van der Waals surface area contributed by atoms with Crippen molar-refractivity contribution in [2.75, 3.05) is 0 Å². The Labute approximate surface area is 74.6 Å². The van der Waals surface area contributed by atoms with Gasteiger partial charge in [0.05, 0.1) is 11.7 Å². The largest absolute Gasteiger partial charge is 0.393 e. The van der Waals surface area contributed by atoms with Crippen molar-refractivity contribution >= 4 is 0 Å². The first-order valence-electron chi connectivity index (χ1n) is 4.81. The molecule has 1 saturated carbocycles. The summed E-state index contributed by atoms with van der Waals surface area (Å²) in [5, 5.41) is 19.3. The summed E-state index contributed by atoms with van der Waals surface area (Å²) in [4.78, 5) is 0. The molecule has 0 aliphatic heterocycles. The molecule has 0 unspecified atom stereocenters. The lowest BCUT2D eigenvalue weighted by Gasteiger charge is -2.37. The van der Waals surface area contributed by atoms with Gasteiger partial charge in [0, 0.05) is 0 Å². The first-order chi connectivity index (χ1) is 5.41. The van der Waals surface area contributed by atoms with E-state index in [9.17, 15) is 10.2 Å². The quantitative estimate of drug-likeness (QED) is 0.630. The maximum atomic E-state index is 9.74. The van der Waals surface area contributed by atoms with Gasteiger partial charge in [-0.15, -0.1) is 0 Å². The predicted molar refractivity (Wildman–Crippen MR) is 48.8 cm³/mol. The Morgan fingerprint density at radius 2 is 1.83 bits per heavy atom. The van der Waals surface area contributed by atoms with Crippen molar-refractivity contribution in [3.05, 3.63) is 0 Å². The lowest BCUT2D eigenvalue weighted by atomic mass is 9.74. The van der Waals surface area contributed by atoms with Gasteiger partial charge in [-0.3, -0.25) is 0 Å². The normalized spacial score (nSPS) is 38.2. The Balaban J connectivity index is 2.51. The molecule has 3 atom stereocenters. The Kier molecular flexibility index (Phi) is 2.79. The van der Waals surface area contributed by atoms with Crippen LogP contribution in [0, 0.1) is 11.8 Å². The summed E-state index contributed by atoms with van der Waals surface area (Å²) >= 11 is 0. The minimum atomic E-state index is -0.624. The summed E-state index contributed by atoms with van der Waals surface area (Å²) in [6, 6.07) is 0. The molecule has 2 nitrogen and oxygen atoms in total. The van der Waals surface area contributed by atoms with Crippen LogP contribution in [-0.2, 0) is 0 Å². The molecule has 2 N–H and O–H groups in total. The molecule has 0 aromatic heterocycles. The second-order valence-corrected chi connectivity index (χ2v) is 4.71. The highest BCUT2D eigenvalue weighted by molar-refractivity contribution is 4.85. The van der Waals surface area contributed by atoms with Crippen LogP contribution >= 0.6 is 0 Å². The molecule has 0 saturated heterocycles. The fourth-order valence-electron chi connectivity index (χ4n) is 1.94. The summed E-state index contributed by atoms with van der Waals surface area (Å²) in [5.41, 5.74) is -0.624. The Morgan fingerprint density at radius 3 is 2.25 bits per heavy atom. The average molecular weight is 172 g/mol. The van der Waals surface area contributed by atoms with Gasteiger partial charge in [-0.05, 0) is 44.9 Å². The molecule has 1 fully saturated rings. The molecule has 0 aromatic carbocycles. The first kappa shape index (κ1) is 10.0. The minimum Gasteiger partial charge on any atom is -0.393 e. The van der Waals surface area contributed by atoms with Gasteiger partial charge in [0.1, 0.15) is 0 Å². The van der Waals surface area contributed by atoms with Crippen LogP contribution in [0.1, 0.15) is 40.0 Å². The van der Waals surface area contributed by atoms with Gasteiger partial charge in [-0.1, -0.05) is 6.92 Å². The van der Waals surface area contributed by atoms with Crippen LogP contribution in [0.2, 0.25) is 0 Å². The fourth-order valence-corrected chi connectivity index (χ4v) is 1.94. The summed E-state index contributed by atoms with van der Waals surface area (Å²) in [6.07, 6.45) is 2.62. The van der Waals surface area contributed by atoms with Crippen molar-refractivity contribution in [2.24, 2.45) is 11.8 Å². The van der Waals surface area contributed by atoms with E-state index in [4.69, 9.17) is 0 Å². The van der Waals surface area contributed by atoms with Crippen LogP contribution in [0.25, 0.3) is 0 Å². The Hall–Kier alpha value is -0.0800. The molecule has 0 radical (unpaired) electrons. The third kappa shape index (κ3) is 2.20. The van der Waals surface area contributed by atoms with Gasteiger partial charge in [0.15, 0.2) is 0 Å². The highest BCUT2D eigenvalue weighted by atomic mass is 16.3. The molecule has 72 valence electrons. The van der Waals surface area contributed by atoms with E-state index in [0.717, 1.165) is 19.3 Å². The molecule has 1 aliphatic rings. The highest BCUT2D eigenvalue weighted by Crippen LogP contribution is 2.35. The lowest BCUT2D eigenvalue weighted by molar-refractivity contribution is -0.0443. The van der Waals surface area contributed by atoms with Gasteiger partial charge >= 0.3 is 0 Å². The topological polar surface area (TPSA) is 40.5 Å². The number of aliphatic hydroxyl groups is 2. The molecular formula is C10H20O2. The predicted octanol–water partition coefficient (Wildman–Crippen LogP) is 1.55. The van der Waals surface area contributed by atoms with E-state index < -0.39 is 5.60 Å². The fraction of sp³-hybridized carbons (Fsp3) is 1.00. The third-order valence-corrected chi connectivity index (χ3v) is 3.15. The van der Waals surface area contributed by atoms with Gasteiger partial charge < -0.3 is 10.2 Å². The number of rotatable bonds is 1.